The number of fused-ring (bicyclic) bond motifs is 3. The number of carbonyl (C=O) groups is 1. The molecule has 0 saturated carbocycles. The first-order valence-electron chi connectivity index (χ1n) is 7.42. The Bertz CT molecular complexity index is 1230. The third-order valence-corrected chi connectivity index (χ3v) is 3.90. The van der Waals surface area contributed by atoms with Crippen LogP contribution >= 0.6 is 0 Å². The summed E-state index contributed by atoms with van der Waals surface area (Å²) >= 11 is 0. The molecule has 0 aliphatic rings. The topological polar surface area (TPSA) is 121 Å². The van der Waals surface area contributed by atoms with E-state index in [4.69, 9.17) is 0 Å². The van der Waals surface area contributed by atoms with Crippen molar-refractivity contribution in [2.75, 3.05) is 7.11 Å². The van der Waals surface area contributed by atoms with Crippen LogP contribution in [0.4, 0.5) is 5.69 Å². The second-order valence-corrected chi connectivity index (χ2v) is 5.32. The highest BCUT2D eigenvalue weighted by atomic mass is 16.5. The normalized spacial score (nSPS) is 11.0. The van der Waals surface area contributed by atoms with Gasteiger partial charge in [0.1, 0.15) is 16.8 Å². The Kier molecular flexibility index (Phi) is 3.50. The highest BCUT2D eigenvalue weighted by Gasteiger charge is 2.18. The standard InChI is InChI=1S/C16H10N6O4/c1-26-16(24)11-8-17-22-12-6-7-21(10-4-2-9(20-25)3-5-10)15(23)13(12)18-19-14(11)22/h2-8H,1H3. The Balaban J connectivity index is 1.93. The van der Waals surface area contributed by atoms with Crippen LogP contribution in [0.1, 0.15) is 10.4 Å². The molecular formula is C16H10N6O4. The van der Waals surface area contributed by atoms with Crippen molar-refractivity contribution < 1.29 is 9.53 Å². The number of rotatable bonds is 3. The summed E-state index contributed by atoms with van der Waals surface area (Å²) in [5, 5.41) is 14.8. The number of esters is 1. The van der Waals surface area contributed by atoms with E-state index in [0.29, 0.717) is 11.2 Å². The van der Waals surface area contributed by atoms with E-state index in [0.717, 1.165) is 0 Å². The Morgan fingerprint density at radius 1 is 1.15 bits per heavy atom. The van der Waals surface area contributed by atoms with Gasteiger partial charge in [0.05, 0.1) is 13.3 Å². The van der Waals surface area contributed by atoms with Gasteiger partial charge in [-0.25, -0.2) is 9.31 Å². The largest absolute Gasteiger partial charge is 0.465 e. The Morgan fingerprint density at radius 2 is 1.92 bits per heavy atom. The van der Waals surface area contributed by atoms with E-state index in [9.17, 15) is 14.5 Å². The quantitative estimate of drug-likeness (QED) is 0.406. The van der Waals surface area contributed by atoms with Gasteiger partial charge in [-0.05, 0) is 35.5 Å². The van der Waals surface area contributed by atoms with Crippen molar-refractivity contribution in [3.05, 3.63) is 63.5 Å². The summed E-state index contributed by atoms with van der Waals surface area (Å²) in [7, 11) is 1.25. The zero-order chi connectivity index (χ0) is 18.3. The van der Waals surface area contributed by atoms with Gasteiger partial charge in [-0.3, -0.25) is 9.36 Å². The van der Waals surface area contributed by atoms with Crippen LogP contribution < -0.4 is 5.56 Å². The van der Waals surface area contributed by atoms with Crippen molar-refractivity contribution in [3.63, 3.8) is 0 Å². The molecule has 26 heavy (non-hydrogen) atoms. The van der Waals surface area contributed by atoms with E-state index >= 15 is 0 Å². The fourth-order valence-electron chi connectivity index (χ4n) is 2.62. The van der Waals surface area contributed by atoms with Gasteiger partial charge in [0, 0.05) is 11.9 Å². The van der Waals surface area contributed by atoms with Crippen LogP contribution in [-0.4, -0.2) is 37.5 Å². The van der Waals surface area contributed by atoms with E-state index in [-0.39, 0.29) is 22.4 Å². The van der Waals surface area contributed by atoms with E-state index in [2.05, 4.69) is 25.2 Å². The minimum atomic E-state index is -0.592. The van der Waals surface area contributed by atoms with Crippen LogP contribution in [0.2, 0.25) is 0 Å². The van der Waals surface area contributed by atoms with Gasteiger partial charge in [-0.15, -0.1) is 15.1 Å². The molecule has 0 aliphatic carbocycles. The molecule has 0 saturated heterocycles. The predicted molar refractivity (Wildman–Crippen MR) is 90.7 cm³/mol. The van der Waals surface area contributed by atoms with Crippen molar-refractivity contribution >= 4 is 28.3 Å². The van der Waals surface area contributed by atoms with E-state index in [1.54, 1.807) is 24.4 Å². The Hall–Kier alpha value is -3.95. The first-order valence-corrected chi connectivity index (χ1v) is 7.42. The van der Waals surface area contributed by atoms with Crippen molar-refractivity contribution in [1.29, 1.82) is 0 Å². The number of ether oxygens (including phenoxy) is 1. The molecule has 0 unspecified atom stereocenters. The van der Waals surface area contributed by atoms with Crippen LogP contribution in [0.3, 0.4) is 0 Å². The number of carbonyl (C=O) groups excluding carboxylic acids is 1. The molecule has 10 heteroatoms. The van der Waals surface area contributed by atoms with Crippen LogP contribution in [0.5, 0.6) is 0 Å². The number of methoxy groups -OCH3 is 1. The van der Waals surface area contributed by atoms with Gasteiger partial charge in [0.2, 0.25) is 0 Å². The number of nitrogens with zero attached hydrogens (tertiary/aromatic N) is 6. The summed E-state index contributed by atoms with van der Waals surface area (Å²) in [4.78, 5) is 35.0. The van der Waals surface area contributed by atoms with Gasteiger partial charge < -0.3 is 4.74 Å². The molecule has 4 aromatic rings. The van der Waals surface area contributed by atoms with Crippen molar-refractivity contribution in [3.8, 4) is 5.69 Å². The molecule has 0 radical (unpaired) electrons. The molecule has 0 N–H and O–H groups in total. The molecule has 0 atom stereocenters. The minimum absolute atomic E-state index is 0.0807. The van der Waals surface area contributed by atoms with Gasteiger partial charge in [-0.1, -0.05) is 0 Å². The maximum atomic E-state index is 12.8. The lowest BCUT2D eigenvalue weighted by Crippen LogP contribution is -2.20. The van der Waals surface area contributed by atoms with Crippen LogP contribution in [-0.2, 0) is 4.74 Å². The molecule has 3 aromatic heterocycles. The number of nitroso groups, excluding NO2 is 1. The first kappa shape index (κ1) is 15.6. The second kappa shape index (κ2) is 5.84. The van der Waals surface area contributed by atoms with Gasteiger partial charge in [-0.2, -0.15) is 5.10 Å². The van der Waals surface area contributed by atoms with Gasteiger partial charge in [0.15, 0.2) is 11.2 Å². The average molecular weight is 350 g/mol. The molecule has 3 heterocycles. The number of pyridine rings is 1. The molecule has 10 nitrogen and oxygen atoms in total. The summed E-state index contributed by atoms with van der Waals surface area (Å²) in [5.74, 6) is -0.592. The highest BCUT2D eigenvalue weighted by Crippen LogP contribution is 2.17. The molecule has 0 spiro atoms. The lowest BCUT2D eigenvalue weighted by Gasteiger charge is -2.07. The van der Waals surface area contributed by atoms with E-state index < -0.39 is 11.5 Å². The summed E-state index contributed by atoms with van der Waals surface area (Å²) < 4.78 is 7.40. The third kappa shape index (κ3) is 2.24. The lowest BCUT2D eigenvalue weighted by molar-refractivity contribution is 0.0602. The fraction of sp³-hybridized carbons (Fsp3) is 0.0625. The zero-order valence-corrected chi connectivity index (χ0v) is 13.4. The SMILES string of the molecule is COC(=O)c1cnn2c1nnc1c(=O)n(-c3ccc(N=O)cc3)ccc12. The van der Waals surface area contributed by atoms with E-state index in [1.807, 2.05) is 0 Å². The van der Waals surface area contributed by atoms with Gasteiger partial charge >= 0.3 is 5.97 Å². The summed E-state index contributed by atoms with van der Waals surface area (Å²) in [6.45, 7) is 0. The maximum absolute atomic E-state index is 12.8. The van der Waals surface area contributed by atoms with Crippen LogP contribution in [0, 0.1) is 4.91 Å². The molecule has 0 bridgehead atoms. The summed E-state index contributed by atoms with van der Waals surface area (Å²) in [6, 6.07) is 7.84. The minimum Gasteiger partial charge on any atom is -0.465 e. The average Bonchev–Trinajstić information content (AvgIpc) is 3.12. The predicted octanol–water partition coefficient (Wildman–Crippen LogP) is 1.61. The van der Waals surface area contributed by atoms with Crippen molar-refractivity contribution in [1.82, 2.24) is 24.4 Å². The Morgan fingerprint density at radius 3 is 2.62 bits per heavy atom. The zero-order valence-electron chi connectivity index (χ0n) is 13.4. The smallest absolute Gasteiger partial charge is 0.343 e. The van der Waals surface area contributed by atoms with E-state index in [1.165, 1.54) is 34.5 Å². The molecule has 128 valence electrons. The highest BCUT2D eigenvalue weighted by molar-refractivity contribution is 5.96. The van der Waals surface area contributed by atoms with Crippen LogP contribution in [0.25, 0.3) is 22.4 Å². The molecule has 4 rings (SSSR count). The van der Waals surface area contributed by atoms with Crippen molar-refractivity contribution in [2.24, 2.45) is 5.18 Å². The lowest BCUT2D eigenvalue weighted by atomic mass is 10.2. The number of aromatic nitrogens is 5. The molecule has 0 aliphatic heterocycles. The number of hydrogen-bond donors (Lipinski definition) is 0. The summed E-state index contributed by atoms with van der Waals surface area (Å²) in [6.07, 6.45) is 2.86. The summed E-state index contributed by atoms with van der Waals surface area (Å²) in [5.41, 5.74) is 1.22. The second-order valence-electron chi connectivity index (χ2n) is 5.32. The molecular weight excluding hydrogens is 340 g/mol. The monoisotopic (exact) mass is 350 g/mol. The van der Waals surface area contributed by atoms with Gasteiger partial charge in [0.25, 0.3) is 5.56 Å². The maximum Gasteiger partial charge on any atom is 0.343 e. The van der Waals surface area contributed by atoms with Crippen molar-refractivity contribution in [2.45, 2.75) is 0 Å². The molecule has 0 amide bonds. The fourth-order valence-corrected chi connectivity index (χ4v) is 2.62. The number of hydrogen-bond acceptors (Lipinski definition) is 8. The first-order chi connectivity index (χ1) is 12.6. The molecule has 1 aromatic carbocycles. The third-order valence-electron chi connectivity index (χ3n) is 3.90. The Labute approximate surface area is 144 Å². The van der Waals surface area contributed by atoms with Crippen LogP contribution in [0.15, 0.2) is 52.7 Å². The number of benzene rings is 1. The molecule has 0 fully saturated rings.